The Hall–Kier alpha value is -2.74. The molecular weight excluding hydrogens is 271 g/mol. The number of halogens is 1. The molecule has 0 bridgehead atoms. The molecule has 0 spiro atoms. The summed E-state index contributed by atoms with van der Waals surface area (Å²) in [6, 6.07) is 12.7. The zero-order valence-electron chi connectivity index (χ0n) is 11.8. The number of anilines is 1. The monoisotopic (exact) mass is 286 g/mol. The molecule has 0 radical (unpaired) electrons. The minimum Gasteiger partial charge on any atom is -0.493 e. The van der Waals surface area contributed by atoms with Crippen LogP contribution in [0.1, 0.15) is 11.6 Å². The molecule has 21 heavy (non-hydrogen) atoms. The Kier molecular flexibility index (Phi) is 4.62. The molecule has 0 saturated carbocycles. The molecule has 1 unspecified atom stereocenters. The number of nitriles is 1. The van der Waals surface area contributed by atoms with Crippen LogP contribution in [0.2, 0.25) is 0 Å². The van der Waals surface area contributed by atoms with Crippen LogP contribution in [0.5, 0.6) is 11.5 Å². The first-order valence-corrected chi connectivity index (χ1v) is 6.31. The standard InChI is InChI=1S/C16H15FN2O2/c1-20-15-7-6-11(8-16(15)21-2)14(10-18)19-13-5-3-4-12(17)9-13/h3-9,14,19H,1-2H3. The van der Waals surface area contributed by atoms with Crippen molar-refractivity contribution < 1.29 is 13.9 Å². The van der Waals surface area contributed by atoms with E-state index in [-0.39, 0.29) is 5.82 Å². The Balaban J connectivity index is 2.27. The molecule has 0 aromatic heterocycles. The van der Waals surface area contributed by atoms with Gasteiger partial charge in [-0.2, -0.15) is 5.26 Å². The molecule has 4 nitrogen and oxygen atoms in total. The molecule has 108 valence electrons. The van der Waals surface area contributed by atoms with Crippen molar-refractivity contribution in [3.63, 3.8) is 0 Å². The molecule has 0 aliphatic heterocycles. The highest BCUT2D eigenvalue weighted by Gasteiger charge is 2.14. The second-order valence-corrected chi connectivity index (χ2v) is 4.33. The molecule has 0 heterocycles. The maximum atomic E-state index is 13.2. The molecule has 0 aliphatic carbocycles. The summed E-state index contributed by atoms with van der Waals surface area (Å²) in [5.74, 6) is 0.768. The lowest BCUT2D eigenvalue weighted by Crippen LogP contribution is -2.09. The minimum atomic E-state index is -0.619. The van der Waals surface area contributed by atoms with Crippen LogP contribution in [0.4, 0.5) is 10.1 Å². The summed E-state index contributed by atoms with van der Waals surface area (Å²) in [5, 5.41) is 12.3. The average molecular weight is 286 g/mol. The van der Waals surface area contributed by atoms with Gasteiger partial charge in [-0.25, -0.2) is 4.39 Å². The Morgan fingerprint density at radius 3 is 2.48 bits per heavy atom. The van der Waals surface area contributed by atoms with Crippen LogP contribution in [0.3, 0.4) is 0 Å². The van der Waals surface area contributed by atoms with Crippen molar-refractivity contribution >= 4 is 5.69 Å². The summed E-state index contributed by atoms with van der Waals surface area (Å²) < 4.78 is 23.6. The lowest BCUT2D eigenvalue weighted by atomic mass is 10.1. The number of rotatable bonds is 5. The third-order valence-electron chi connectivity index (χ3n) is 3.01. The van der Waals surface area contributed by atoms with Gasteiger partial charge in [0.2, 0.25) is 0 Å². The van der Waals surface area contributed by atoms with Gasteiger partial charge < -0.3 is 14.8 Å². The smallest absolute Gasteiger partial charge is 0.161 e. The molecule has 0 fully saturated rings. The van der Waals surface area contributed by atoms with Gasteiger partial charge in [-0.15, -0.1) is 0 Å². The van der Waals surface area contributed by atoms with Gasteiger partial charge in [0.05, 0.1) is 20.3 Å². The van der Waals surface area contributed by atoms with Gasteiger partial charge in [-0.1, -0.05) is 12.1 Å². The van der Waals surface area contributed by atoms with E-state index in [0.29, 0.717) is 22.7 Å². The van der Waals surface area contributed by atoms with Gasteiger partial charge in [-0.05, 0) is 35.9 Å². The normalized spacial score (nSPS) is 11.3. The van der Waals surface area contributed by atoms with Gasteiger partial charge >= 0.3 is 0 Å². The van der Waals surface area contributed by atoms with E-state index in [2.05, 4.69) is 11.4 Å². The van der Waals surface area contributed by atoms with E-state index in [1.807, 2.05) is 0 Å². The predicted octanol–water partition coefficient (Wildman–Crippen LogP) is 3.52. The summed E-state index contributed by atoms with van der Waals surface area (Å²) >= 11 is 0. The molecule has 1 atom stereocenters. The van der Waals surface area contributed by atoms with Crippen LogP contribution >= 0.6 is 0 Å². The van der Waals surface area contributed by atoms with Gasteiger partial charge in [-0.3, -0.25) is 0 Å². The first-order chi connectivity index (χ1) is 10.2. The topological polar surface area (TPSA) is 54.3 Å². The number of ether oxygens (including phenoxy) is 2. The van der Waals surface area contributed by atoms with Crippen molar-refractivity contribution in [2.75, 3.05) is 19.5 Å². The molecule has 1 N–H and O–H groups in total. The number of nitrogens with zero attached hydrogens (tertiary/aromatic N) is 1. The van der Waals surface area contributed by atoms with Gasteiger partial charge in [0.25, 0.3) is 0 Å². The van der Waals surface area contributed by atoms with E-state index in [1.165, 1.54) is 19.2 Å². The molecular formula is C16H15FN2O2. The van der Waals surface area contributed by atoms with E-state index >= 15 is 0 Å². The largest absolute Gasteiger partial charge is 0.493 e. The minimum absolute atomic E-state index is 0.357. The van der Waals surface area contributed by atoms with Crippen molar-refractivity contribution in [1.82, 2.24) is 0 Å². The molecule has 0 amide bonds. The van der Waals surface area contributed by atoms with Crippen LogP contribution in [0.15, 0.2) is 42.5 Å². The zero-order chi connectivity index (χ0) is 15.2. The fourth-order valence-electron chi connectivity index (χ4n) is 1.97. The molecule has 2 rings (SSSR count). The summed E-state index contributed by atoms with van der Waals surface area (Å²) in [7, 11) is 3.08. The van der Waals surface area contributed by atoms with E-state index in [9.17, 15) is 9.65 Å². The summed E-state index contributed by atoms with van der Waals surface area (Å²) in [4.78, 5) is 0. The predicted molar refractivity (Wildman–Crippen MR) is 77.9 cm³/mol. The van der Waals surface area contributed by atoms with Crippen LogP contribution in [0, 0.1) is 17.1 Å². The summed E-state index contributed by atoms with van der Waals surface area (Å²) in [6.45, 7) is 0. The zero-order valence-corrected chi connectivity index (χ0v) is 11.8. The van der Waals surface area contributed by atoms with E-state index in [0.717, 1.165) is 0 Å². The SMILES string of the molecule is COc1ccc(C(C#N)Nc2cccc(F)c2)cc1OC. The molecule has 5 heteroatoms. The van der Waals surface area contributed by atoms with Crippen molar-refractivity contribution in [1.29, 1.82) is 5.26 Å². The van der Waals surface area contributed by atoms with Gasteiger partial charge in [0.15, 0.2) is 11.5 Å². The highest BCUT2D eigenvalue weighted by Crippen LogP contribution is 2.31. The van der Waals surface area contributed by atoms with Crippen molar-refractivity contribution in [2.45, 2.75) is 6.04 Å². The second-order valence-electron chi connectivity index (χ2n) is 4.33. The molecule has 2 aromatic rings. The quantitative estimate of drug-likeness (QED) is 0.913. The number of methoxy groups -OCH3 is 2. The lowest BCUT2D eigenvalue weighted by molar-refractivity contribution is 0.354. The van der Waals surface area contributed by atoms with E-state index in [4.69, 9.17) is 9.47 Å². The Morgan fingerprint density at radius 1 is 1.10 bits per heavy atom. The lowest BCUT2D eigenvalue weighted by Gasteiger charge is -2.15. The maximum Gasteiger partial charge on any atom is 0.161 e. The third-order valence-corrected chi connectivity index (χ3v) is 3.01. The average Bonchev–Trinajstić information content (AvgIpc) is 2.52. The second kappa shape index (κ2) is 6.62. The number of hydrogen-bond acceptors (Lipinski definition) is 4. The maximum absolute atomic E-state index is 13.2. The van der Waals surface area contributed by atoms with Crippen LogP contribution in [-0.2, 0) is 0 Å². The summed E-state index contributed by atoms with van der Waals surface area (Å²) in [6.07, 6.45) is 0. The fraction of sp³-hybridized carbons (Fsp3) is 0.188. The summed E-state index contributed by atoms with van der Waals surface area (Å²) in [5.41, 5.74) is 1.25. The van der Waals surface area contributed by atoms with Crippen LogP contribution in [-0.4, -0.2) is 14.2 Å². The Bertz CT molecular complexity index is 668. The first-order valence-electron chi connectivity index (χ1n) is 6.31. The molecule has 0 aliphatic rings. The number of hydrogen-bond donors (Lipinski definition) is 1. The third kappa shape index (κ3) is 3.42. The van der Waals surface area contributed by atoms with Crippen molar-refractivity contribution in [3.8, 4) is 17.6 Å². The fourth-order valence-corrected chi connectivity index (χ4v) is 1.97. The number of benzene rings is 2. The van der Waals surface area contributed by atoms with Crippen molar-refractivity contribution in [3.05, 3.63) is 53.8 Å². The van der Waals surface area contributed by atoms with Gasteiger partial charge in [0, 0.05) is 5.69 Å². The molecule has 0 saturated heterocycles. The van der Waals surface area contributed by atoms with E-state index in [1.54, 1.807) is 37.4 Å². The highest BCUT2D eigenvalue weighted by molar-refractivity contribution is 5.50. The van der Waals surface area contributed by atoms with Crippen LogP contribution < -0.4 is 14.8 Å². The Labute approximate surface area is 122 Å². The van der Waals surface area contributed by atoms with Crippen LogP contribution in [0.25, 0.3) is 0 Å². The van der Waals surface area contributed by atoms with Crippen molar-refractivity contribution in [2.24, 2.45) is 0 Å². The van der Waals surface area contributed by atoms with Gasteiger partial charge in [0.1, 0.15) is 11.9 Å². The highest BCUT2D eigenvalue weighted by atomic mass is 19.1. The first kappa shape index (κ1) is 14.7. The molecule has 2 aromatic carbocycles. The number of nitrogens with one attached hydrogen (secondary N) is 1. The Morgan fingerprint density at radius 2 is 1.86 bits per heavy atom. The van der Waals surface area contributed by atoms with E-state index < -0.39 is 6.04 Å².